The van der Waals surface area contributed by atoms with Gasteiger partial charge in [-0.1, -0.05) is 26.0 Å². The van der Waals surface area contributed by atoms with Gasteiger partial charge < -0.3 is 5.32 Å². The summed E-state index contributed by atoms with van der Waals surface area (Å²) in [5.74, 6) is -1.07. The van der Waals surface area contributed by atoms with Gasteiger partial charge in [-0.15, -0.1) is 0 Å². The standard InChI is InChI=1S/C14H19F2N/c1-4-10(3)6-14(17-5-2)11-7-12(15)9-13(16)8-11/h7-9,14,17H,3-6H2,1-2H3. The monoisotopic (exact) mass is 239 g/mol. The Labute approximate surface area is 102 Å². The molecule has 0 aliphatic heterocycles. The maximum atomic E-state index is 13.2. The Kier molecular flexibility index (Phi) is 5.29. The minimum atomic E-state index is -0.537. The quantitative estimate of drug-likeness (QED) is 0.741. The molecule has 0 fully saturated rings. The van der Waals surface area contributed by atoms with Crippen molar-refractivity contribution in [2.24, 2.45) is 0 Å². The molecule has 0 aliphatic rings. The highest BCUT2D eigenvalue weighted by atomic mass is 19.1. The topological polar surface area (TPSA) is 12.0 Å². The van der Waals surface area contributed by atoms with Crippen molar-refractivity contribution in [1.29, 1.82) is 0 Å². The molecule has 0 spiro atoms. The summed E-state index contributed by atoms with van der Waals surface area (Å²) in [5, 5.41) is 3.22. The fourth-order valence-electron chi connectivity index (χ4n) is 1.76. The van der Waals surface area contributed by atoms with Crippen molar-refractivity contribution in [3.8, 4) is 0 Å². The summed E-state index contributed by atoms with van der Waals surface area (Å²) in [7, 11) is 0. The first-order chi connectivity index (χ1) is 8.06. The van der Waals surface area contributed by atoms with Gasteiger partial charge in [0.2, 0.25) is 0 Å². The van der Waals surface area contributed by atoms with E-state index in [-0.39, 0.29) is 6.04 Å². The lowest BCUT2D eigenvalue weighted by Crippen LogP contribution is -2.21. The summed E-state index contributed by atoms with van der Waals surface area (Å²) in [4.78, 5) is 0. The van der Waals surface area contributed by atoms with E-state index in [1.54, 1.807) is 0 Å². The van der Waals surface area contributed by atoms with Crippen LogP contribution in [0, 0.1) is 11.6 Å². The molecule has 1 unspecified atom stereocenters. The number of nitrogens with one attached hydrogen (secondary N) is 1. The Hall–Kier alpha value is -1.22. The average Bonchev–Trinajstić information content (AvgIpc) is 2.27. The SMILES string of the molecule is C=C(CC)CC(NCC)c1cc(F)cc(F)c1. The van der Waals surface area contributed by atoms with Crippen LogP contribution in [0.3, 0.4) is 0 Å². The lowest BCUT2D eigenvalue weighted by molar-refractivity contribution is 0.524. The van der Waals surface area contributed by atoms with Crippen molar-refractivity contribution < 1.29 is 8.78 Å². The number of halogens is 2. The molecule has 0 aromatic heterocycles. The van der Waals surface area contributed by atoms with Crippen LogP contribution in [0.2, 0.25) is 0 Å². The number of hydrogen-bond donors (Lipinski definition) is 1. The number of benzene rings is 1. The van der Waals surface area contributed by atoms with Gasteiger partial charge in [-0.2, -0.15) is 0 Å². The van der Waals surface area contributed by atoms with Gasteiger partial charge >= 0.3 is 0 Å². The van der Waals surface area contributed by atoms with E-state index in [1.807, 2.05) is 13.8 Å². The van der Waals surface area contributed by atoms with Crippen molar-refractivity contribution >= 4 is 0 Å². The van der Waals surface area contributed by atoms with Crippen LogP contribution in [0.5, 0.6) is 0 Å². The van der Waals surface area contributed by atoms with Crippen molar-refractivity contribution in [3.05, 3.63) is 47.5 Å². The van der Waals surface area contributed by atoms with Crippen molar-refractivity contribution in [1.82, 2.24) is 5.32 Å². The average molecular weight is 239 g/mol. The van der Waals surface area contributed by atoms with Gasteiger partial charge in [0.15, 0.2) is 0 Å². The van der Waals surface area contributed by atoms with Gasteiger partial charge in [0.1, 0.15) is 11.6 Å². The maximum Gasteiger partial charge on any atom is 0.126 e. The molecule has 0 saturated carbocycles. The second kappa shape index (κ2) is 6.50. The zero-order chi connectivity index (χ0) is 12.8. The van der Waals surface area contributed by atoms with Crippen LogP contribution in [0.25, 0.3) is 0 Å². The molecule has 1 rings (SSSR count). The molecule has 0 saturated heterocycles. The van der Waals surface area contributed by atoms with E-state index in [4.69, 9.17) is 0 Å². The Balaban J connectivity index is 2.91. The van der Waals surface area contributed by atoms with Gasteiger partial charge in [0, 0.05) is 12.1 Å². The van der Waals surface area contributed by atoms with E-state index in [0.717, 1.165) is 24.6 Å². The Morgan fingerprint density at radius 1 is 1.24 bits per heavy atom. The highest BCUT2D eigenvalue weighted by molar-refractivity contribution is 5.23. The fourth-order valence-corrected chi connectivity index (χ4v) is 1.76. The molecule has 1 aromatic rings. The zero-order valence-electron chi connectivity index (χ0n) is 10.4. The largest absolute Gasteiger partial charge is 0.310 e. The third-order valence-electron chi connectivity index (χ3n) is 2.73. The smallest absolute Gasteiger partial charge is 0.126 e. The number of hydrogen-bond acceptors (Lipinski definition) is 1. The molecule has 1 aromatic carbocycles. The summed E-state index contributed by atoms with van der Waals surface area (Å²) < 4.78 is 26.3. The van der Waals surface area contributed by atoms with E-state index in [9.17, 15) is 8.78 Å². The van der Waals surface area contributed by atoms with Crippen LogP contribution >= 0.6 is 0 Å². The van der Waals surface area contributed by atoms with Gasteiger partial charge in [0.05, 0.1) is 0 Å². The maximum absolute atomic E-state index is 13.2. The summed E-state index contributed by atoms with van der Waals surface area (Å²) in [6.45, 7) is 8.68. The van der Waals surface area contributed by atoms with Crippen LogP contribution in [0.1, 0.15) is 38.3 Å². The van der Waals surface area contributed by atoms with Crippen LogP contribution in [-0.4, -0.2) is 6.54 Å². The van der Waals surface area contributed by atoms with E-state index < -0.39 is 11.6 Å². The molecular formula is C14H19F2N. The number of rotatable bonds is 6. The highest BCUT2D eigenvalue weighted by Crippen LogP contribution is 2.23. The van der Waals surface area contributed by atoms with Gasteiger partial charge in [-0.05, 0) is 37.1 Å². The lowest BCUT2D eigenvalue weighted by atomic mass is 9.98. The van der Waals surface area contributed by atoms with Gasteiger partial charge in [-0.3, -0.25) is 0 Å². The summed E-state index contributed by atoms with van der Waals surface area (Å²) in [6, 6.07) is 3.57. The normalized spacial score (nSPS) is 12.5. The van der Waals surface area contributed by atoms with Crippen LogP contribution in [0.4, 0.5) is 8.78 Å². The Bertz CT molecular complexity index is 368. The predicted octanol–water partition coefficient (Wildman–Crippen LogP) is 3.97. The fraction of sp³-hybridized carbons (Fsp3) is 0.429. The Morgan fingerprint density at radius 3 is 2.29 bits per heavy atom. The van der Waals surface area contributed by atoms with Gasteiger partial charge in [-0.25, -0.2) is 8.78 Å². The predicted molar refractivity (Wildman–Crippen MR) is 66.8 cm³/mol. The van der Waals surface area contributed by atoms with Crippen LogP contribution in [0.15, 0.2) is 30.4 Å². The van der Waals surface area contributed by atoms with Crippen molar-refractivity contribution in [3.63, 3.8) is 0 Å². The molecule has 1 nitrogen and oxygen atoms in total. The molecule has 0 radical (unpaired) electrons. The Morgan fingerprint density at radius 2 is 1.82 bits per heavy atom. The van der Waals surface area contributed by atoms with E-state index in [2.05, 4.69) is 11.9 Å². The van der Waals surface area contributed by atoms with Crippen molar-refractivity contribution in [2.75, 3.05) is 6.54 Å². The summed E-state index contributed by atoms with van der Waals surface area (Å²) in [5.41, 5.74) is 1.71. The summed E-state index contributed by atoms with van der Waals surface area (Å²) >= 11 is 0. The molecule has 0 heterocycles. The van der Waals surface area contributed by atoms with Crippen molar-refractivity contribution in [2.45, 2.75) is 32.7 Å². The van der Waals surface area contributed by atoms with Crippen LogP contribution < -0.4 is 5.32 Å². The molecule has 1 N–H and O–H groups in total. The molecule has 1 atom stereocenters. The second-order valence-electron chi connectivity index (χ2n) is 4.12. The minimum Gasteiger partial charge on any atom is -0.310 e. The third-order valence-corrected chi connectivity index (χ3v) is 2.73. The third kappa shape index (κ3) is 4.27. The minimum absolute atomic E-state index is 0.0716. The first kappa shape index (κ1) is 13.8. The second-order valence-corrected chi connectivity index (χ2v) is 4.12. The van der Waals surface area contributed by atoms with E-state index >= 15 is 0 Å². The molecule has 0 amide bonds. The first-order valence-corrected chi connectivity index (χ1v) is 5.92. The first-order valence-electron chi connectivity index (χ1n) is 5.92. The van der Waals surface area contributed by atoms with E-state index in [0.29, 0.717) is 12.0 Å². The summed E-state index contributed by atoms with van der Waals surface area (Å²) in [6.07, 6.45) is 1.58. The van der Waals surface area contributed by atoms with E-state index in [1.165, 1.54) is 12.1 Å². The zero-order valence-corrected chi connectivity index (χ0v) is 10.4. The van der Waals surface area contributed by atoms with Gasteiger partial charge in [0.25, 0.3) is 0 Å². The molecule has 94 valence electrons. The molecular weight excluding hydrogens is 220 g/mol. The highest BCUT2D eigenvalue weighted by Gasteiger charge is 2.13. The van der Waals surface area contributed by atoms with Crippen LogP contribution in [-0.2, 0) is 0 Å². The molecule has 0 bridgehead atoms. The molecule has 17 heavy (non-hydrogen) atoms. The molecule has 0 aliphatic carbocycles. The molecule has 3 heteroatoms. The lowest BCUT2D eigenvalue weighted by Gasteiger charge is -2.19.